The SMILES string of the molecule is C=CCc1cc2cc3nc(cc4ccc(cc5nc(cc1[nH]2)C=C5)[nH]4)C=C3. The zero-order valence-electron chi connectivity index (χ0n) is 14.7. The fourth-order valence-corrected chi connectivity index (χ4v) is 3.40. The molecule has 0 aromatic carbocycles. The topological polar surface area (TPSA) is 57.4 Å². The summed E-state index contributed by atoms with van der Waals surface area (Å²) in [7, 11) is 0. The molecule has 0 fully saturated rings. The molecular weight excluding hydrogens is 332 g/mol. The van der Waals surface area contributed by atoms with E-state index < -0.39 is 0 Å². The number of aromatic amines is 2. The molecule has 0 saturated carbocycles. The molecule has 3 aromatic rings. The third kappa shape index (κ3) is 3.13. The number of allylic oxidation sites excluding steroid dienone is 1. The molecule has 4 heteroatoms. The predicted octanol–water partition coefficient (Wildman–Crippen LogP) is 5.38. The Bertz CT molecular complexity index is 1270. The molecular formula is C23H18N4. The Morgan fingerprint density at radius 2 is 1.26 bits per heavy atom. The van der Waals surface area contributed by atoms with E-state index in [1.165, 1.54) is 5.56 Å². The van der Waals surface area contributed by atoms with E-state index in [9.17, 15) is 0 Å². The molecule has 5 heterocycles. The Kier molecular flexibility index (Phi) is 3.61. The number of fused-ring (bicyclic) bond motifs is 8. The molecule has 2 aliphatic rings. The van der Waals surface area contributed by atoms with Crippen LogP contribution in [0.3, 0.4) is 0 Å². The van der Waals surface area contributed by atoms with E-state index >= 15 is 0 Å². The lowest BCUT2D eigenvalue weighted by Gasteiger charge is -1.90. The van der Waals surface area contributed by atoms with Crippen LogP contribution in [0.25, 0.3) is 46.4 Å². The number of aromatic nitrogens is 4. The van der Waals surface area contributed by atoms with Gasteiger partial charge in [-0.2, -0.15) is 0 Å². The van der Waals surface area contributed by atoms with Gasteiger partial charge in [0.05, 0.1) is 22.8 Å². The number of nitrogens with zero attached hydrogens (tertiary/aromatic N) is 2. The van der Waals surface area contributed by atoms with Crippen LogP contribution in [-0.4, -0.2) is 19.9 Å². The van der Waals surface area contributed by atoms with Crippen LogP contribution in [-0.2, 0) is 6.42 Å². The van der Waals surface area contributed by atoms with Crippen LogP contribution >= 0.6 is 0 Å². The fraction of sp³-hybridized carbons (Fsp3) is 0.0435. The van der Waals surface area contributed by atoms with E-state index in [1.54, 1.807) is 0 Å². The zero-order valence-corrected chi connectivity index (χ0v) is 14.7. The van der Waals surface area contributed by atoms with Crippen molar-refractivity contribution in [1.29, 1.82) is 0 Å². The van der Waals surface area contributed by atoms with Gasteiger partial charge in [-0.15, -0.1) is 6.58 Å². The van der Waals surface area contributed by atoms with Crippen molar-refractivity contribution in [3.05, 3.63) is 83.5 Å². The summed E-state index contributed by atoms with van der Waals surface area (Å²) < 4.78 is 0. The van der Waals surface area contributed by atoms with E-state index in [1.807, 2.05) is 42.5 Å². The Balaban J connectivity index is 1.84. The van der Waals surface area contributed by atoms with Crippen LogP contribution in [0, 0.1) is 0 Å². The van der Waals surface area contributed by atoms with Crippen molar-refractivity contribution >= 4 is 46.4 Å². The predicted molar refractivity (Wildman–Crippen MR) is 113 cm³/mol. The highest BCUT2D eigenvalue weighted by atomic mass is 14.8. The molecule has 0 atom stereocenters. The average molecular weight is 350 g/mol. The first-order valence-corrected chi connectivity index (χ1v) is 8.93. The van der Waals surface area contributed by atoms with Crippen LogP contribution in [0.1, 0.15) is 28.3 Å². The molecule has 0 saturated heterocycles. The molecule has 2 aliphatic heterocycles. The zero-order chi connectivity index (χ0) is 18.2. The monoisotopic (exact) mass is 350 g/mol. The molecule has 27 heavy (non-hydrogen) atoms. The van der Waals surface area contributed by atoms with Gasteiger partial charge in [-0.1, -0.05) is 6.08 Å². The highest BCUT2D eigenvalue weighted by Crippen LogP contribution is 2.20. The average Bonchev–Trinajstić information content (AvgIpc) is 3.41. The number of H-pyrrole nitrogens is 2. The first kappa shape index (κ1) is 15.6. The van der Waals surface area contributed by atoms with Gasteiger partial charge >= 0.3 is 0 Å². The van der Waals surface area contributed by atoms with Crippen LogP contribution in [0.15, 0.2) is 55.1 Å². The second-order valence-corrected chi connectivity index (χ2v) is 6.69. The minimum Gasteiger partial charge on any atom is -0.355 e. The standard InChI is InChI=1S/C23H18N4/c1-2-3-15-10-22-13-20-7-6-18(25-20)11-16-4-5-17(24-16)12-19-8-9-21(26-19)14-23(15)27-22/h2,4-14,24,27H,1,3H2. The van der Waals surface area contributed by atoms with E-state index in [4.69, 9.17) is 9.97 Å². The minimum atomic E-state index is 0.800. The van der Waals surface area contributed by atoms with Crippen LogP contribution in [0.5, 0.6) is 0 Å². The van der Waals surface area contributed by atoms with Gasteiger partial charge in [0.25, 0.3) is 0 Å². The maximum Gasteiger partial charge on any atom is 0.0658 e. The highest BCUT2D eigenvalue weighted by Gasteiger charge is 2.04. The van der Waals surface area contributed by atoms with E-state index in [-0.39, 0.29) is 0 Å². The quantitative estimate of drug-likeness (QED) is 0.420. The van der Waals surface area contributed by atoms with Crippen molar-refractivity contribution in [3.8, 4) is 0 Å². The lowest BCUT2D eigenvalue weighted by molar-refractivity contribution is 1.29. The fourth-order valence-electron chi connectivity index (χ4n) is 3.40. The molecule has 3 aromatic heterocycles. The molecule has 4 nitrogen and oxygen atoms in total. The maximum atomic E-state index is 4.71. The summed E-state index contributed by atoms with van der Waals surface area (Å²) in [4.78, 5) is 16.3. The molecule has 0 spiro atoms. The molecule has 0 unspecified atom stereocenters. The van der Waals surface area contributed by atoms with Crippen molar-refractivity contribution < 1.29 is 0 Å². The van der Waals surface area contributed by atoms with Gasteiger partial charge in [-0.3, -0.25) is 0 Å². The van der Waals surface area contributed by atoms with Gasteiger partial charge in [0.15, 0.2) is 0 Å². The number of nitrogens with one attached hydrogen (secondary N) is 2. The summed E-state index contributed by atoms with van der Waals surface area (Å²) >= 11 is 0. The molecule has 5 rings (SSSR count). The van der Waals surface area contributed by atoms with Gasteiger partial charge in [-0.05, 0) is 78.8 Å². The highest BCUT2D eigenvalue weighted by molar-refractivity contribution is 5.78. The number of hydrogen-bond donors (Lipinski definition) is 2. The lowest BCUT2D eigenvalue weighted by atomic mass is 10.2. The van der Waals surface area contributed by atoms with Crippen molar-refractivity contribution in [2.45, 2.75) is 6.42 Å². The largest absolute Gasteiger partial charge is 0.355 e. The second-order valence-electron chi connectivity index (χ2n) is 6.69. The van der Waals surface area contributed by atoms with Gasteiger partial charge < -0.3 is 9.97 Å². The molecule has 0 radical (unpaired) electrons. The Labute approximate surface area is 156 Å². The van der Waals surface area contributed by atoms with Crippen LogP contribution < -0.4 is 0 Å². The molecule has 8 bridgehead atoms. The Hall–Kier alpha value is -3.66. The Morgan fingerprint density at radius 1 is 0.704 bits per heavy atom. The van der Waals surface area contributed by atoms with Crippen LogP contribution in [0.2, 0.25) is 0 Å². The first-order chi connectivity index (χ1) is 13.2. The summed E-state index contributed by atoms with van der Waals surface area (Å²) in [5.41, 5.74) is 9.03. The van der Waals surface area contributed by atoms with Crippen molar-refractivity contribution in [3.63, 3.8) is 0 Å². The first-order valence-electron chi connectivity index (χ1n) is 8.93. The van der Waals surface area contributed by atoms with Gasteiger partial charge in [0.2, 0.25) is 0 Å². The maximum absolute atomic E-state index is 4.71. The Morgan fingerprint density at radius 3 is 1.85 bits per heavy atom. The molecule has 2 N–H and O–H groups in total. The molecule has 0 aliphatic carbocycles. The normalized spacial score (nSPS) is 12.4. The smallest absolute Gasteiger partial charge is 0.0658 e. The summed E-state index contributed by atoms with van der Waals surface area (Å²) in [5, 5.41) is 0. The molecule has 130 valence electrons. The third-order valence-electron chi connectivity index (χ3n) is 4.62. The van der Waals surface area contributed by atoms with Crippen molar-refractivity contribution in [2.24, 2.45) is 0 Å². The summed E-state index contributed by atoms with van der Waals surface area (Å²) in [5.74, 6) is 0. The summed E-state index contributed by atoms with van der Waals surface area (Å²) in [6.45, 7) is 3.88. The van der Waals surface area contributed by atoms with Gasteiger partial charge in [-0.25, -0.2) is 9.97 Å². The molecule has 0 amide bonds. The number of hydrogen-bond acceptors (Lipinski definition) is 2. The third-order valence-corrected chi connectivity index (χ3v) is 4.62. The van der Waals surface area contributed by atoms with Crippen molar-refractivity contribution in [2.75, 3.05) is 0 Å². The summed E-state index contributed by atoms with van der Waals surface area (Å²) in [6.07, 6.45) is 10.8. The lowest BCUT2D eigenvalue weighted by Crippen LogP contribution is -1.78. The van der Waals surface area contributed by atoms with Crippen LogP contribution in [0.4, 0.5) is 0 Å². The van der Waals surface area contributed by atoms with E-state index in [2.05, 4.69) is 46.9 Å². The second kappa shape index (κ2) is 6.25. The number of rotatable bonds is 2. The summed E-state index contributed by atoms with van der Waals surface area (Å²) in [6, 6.07) is 14.5. The van der Waals surface area contributed by atoms with Crippen molar-refractivity contribution in [1.82, 2.24) is 19.9 Å². The van der Waals surface area contributed by atoms with E-state index in [0.717, 1.165) is 51.3 Å². The van der Waals surface area contributed by atoms with E-state index in [0.29, 0.717) is 0 Å². The van der Waals surface area contributed by atoms with Gasteiger partial charge in [0, 0.05) is 22.1 Å². The van der Waals surface area contributed by atoms with Gasteiger partial charge in [0.1, 0.15) is 0 Å². The minimum absolute atomic E-state index is 0.800.